The number of nitrogens with zero attached hydrogens (tertiary/aromatic N) is 4. The second-order valence-corrected chi connectivity index (χ2v) is 7.70. The Morgan fingerprint density at radius 1 is 0.966 bits per heavy atom. The molecule has 0 saturated carbocycles. The predicted molar refractivity (Wildman–Crippen MR) is 115 cm³/mol. The fraction of sp³-hybridized carbons (Fsp3) is 0.167. The molecule has 29 heavy (non-hydrogen) atoms. The molecule has 142 valence electrons. The summed E-state index contributed by atoms with van der Waals surface area (Å²) >= 11 is 0. The van der Waals surface area contributed by atoms with Crippen LogP contribution in [0.25, 0.3) is 33.1 Å². The van der Waals surface area contributed by atoms with Crippen LogP contribution in [0.3, 0.4) is 0 Å². The van der Waals surface area contributed by atoms with Gasteiger partial charge in [0.1, 0.15) is 5.52 Å². The molecule has 5 nitrogen and oxygen atoms in total. The Morgan fingerprint density at radius 2 is 1.86 bits per heavy atom. The number of anilines is 1. The van der Waals surface area contributed by atoms with Crippen molar-refractivity contribution in [1.29, 1.82) is 0 Å². The van der Waals surface area contributed by atoms with Gasteiger partial charge in [-0.3, -0.25) is 4.98 Å². The van der Waals surface area contributed by atoms with Crippen LogP contribution < -0.4 is 4.90 Å². The average molecular weight is 380 g/mol. The number of benzene rings is 2. The van der Waals surface area contributed by atoms with Crippen LogP contribution in [-0.2, 0) is 20.0 Å². The highest BCUT2D eigenvalue weighted by Gasteiger charge is 2.20. The van der Waals surface area contributed by atoms with Gasteiger partial charge in [-0.15, -0.1) is 0 Å². The number of pyridine rings is 1. The smallest absolute Gasteiger partial charge is 0.298 e. The summed E-state index contributed by atoms with van der Waals surface area (Å²) in [5, 5.41) is 1.24. The highest BCUT2D eigenvalue weighted by atomic mass is 16.4. The number of hydrogen-bond acceptors (Lipinski definition) is 4. The Bertz CT molecular complexity index is 1360. The molecule has 6 rings (SSSR count). The fourth-order valence-electron chi connectivity index (χ4n) is 4.23. The van der Waals surface area contributed by atoms with Gasteiger partial charge in [-0.25, -0.2) is 0 Å². The highest BCUT2D eigenvalue weighted by molar-refractivity contribution is 5.88. The standard InChI is InChI=1S/C24H20N4O/c1-27-10-7-18-12-16(2-4-22(18)27)17-3-5-23-21(13-17)26-24(29-23)28-11-8-19-14-25-9-6-20(19)15-28/h2-7,9-10,12-14H,8,11,15H2,1H3. The topological polar surface area (TPSA) is 47.1 Å². The average Bonchev–Trinajstić information content (AvgIpc) is 3.36. The Labute approximate surface area is 168 Å². The molecule has 0 N–H and O–H groups in total. The van der Waals surface area contributed by atoms with Crippen molar-refractivity contribution in [2.45, 2.75) is 13.0 Å². The number of oxazole rings is 1. The lowest BCUT2D eigenvalue weighted by Crippen LogP contribution is -2.30. The van der Waals surface area contributed by atoms with Crippen molar-refractivity contribution in [2.75, 3.05) is 11.4 Å². The van der Waals surface area contributed by atoms with Gasteiger partial charge >= 0.3 is 0 Å². The summed E-state index contributed by atoms with van der Waals surface area (Å²) in [4.78, 5) is 11.2. The van der Waals surface area contributed by atoms with Gasteiger partial charge in [0.15, 0.2) is 5.58 Å². The molecule has 0 bridgehead atoms. The Morgan fingerprint density at radius 3 is 2.83 bits per heavy atom. The van der Waals surface area contributed by atoms with E-state index in [0.717, 1.165) is 36.2 Å². The van der Waals surface area contributed by atoms with Crippen molar-refractivity contribution in [2.24, 2.45) is 7.05 Å². The Kier molecular flexibility index (Phi) is 3.50. The summed E-state index contributed by atoms with van der Waals surface area (Å²) in [7, 11) is 2.07. The lowest BCUT2D eigenvalue weighted by molar-refractivity contribution is 0.554. The highest BCUT2D eigenvalue weighted by Crippen LogP contribution is 2.31. The fourth-order valence-corrected chi connectivity index (χ4v) is 4.23. The molecule has 0 saturated heterocycles. The zero-order valence-corrected chi connectivity index (χ0v) is 16.2. The molecular formula is C24H20N4O. The van der Waals surface area contributed by atoms with E-state index in [1.807, 2.05) is 18.5 Å². The molecule has 1 aliphatic heterocycles. The van der Waals surface area contributed by atoms with Crippen molar-refractivity contribution >= 4 is 28.0 Å². The molecule has 4 heterocycles. The molecule has 0 amide bonds. The molecule has 0 radical (unpaired) electrons. The van der Waals surface area contributed by atoms with Gasteiger partial charge in [0.2, 0.25) is 0 Å². The van der Waals surface area contributed by atoms with Gasteiger partial charge in [-0.2, -0.15) is 4.98 Å². The first-order chi connectivity index (χ1) is 14.2. The molecular weight excluding hydrogens is 360 g/mol. The first kappa shape index (κ1) is 16.4. The third-order valence-corrected chi connectivity index (χ3v) is 5.88. The molecule has 0 aliphatic carbocycles. The van der Waals surface area contributed by atoms with Gasteiger partial charge in [-0.1, -0.05) is 12.1 Å². The van der Waals surface area contributed by atoms with Crippen LogP contribution in [0, 0.1) is 0 Å². The SMILES string of the molecule is Cn1ccc2cc(-c3ccc4oc(N5CCc6cnccc6C5)nc4c3)ccc21. The van der Waals surface area contributed by atoms with Gasteiger partial charge in [-0.05, 0) is 65.1 Å². The van der Waals surface area contributed by atoms with E-state index in [1.165, 1.54) is 27.6 Å². The van der Waals surface area contributed by atoms with Crippen molar-refractivity contribution in [3.63, 3.8) is 0 Å². The molecule has 5 aromatic rings. The van der Waals surface area contributed by atoms with E-state index in [4.69, 9.17) is 9.40 Å². The van der Waals surface area contributed by atoms with Crippen molar-refractivity contribution in [3.05, 3.63) is 78.2 Å². The summed E-state index contributed by atoms with van der Waals surface area (Å²) in [6.45, 7) is 1.70. The number of aryl methyl sites for hydroxylation is 1. The van der Waals surface area contributed by atoms with Crippen molar-refractivity contribution < 1.29 is 4.42 Å². The number of rotatable bonds is 2. The van der Waals surface area contributed by atoms with Crippen molar-refractivity contribution in [3.8, 4) is 11.1 Å². The minimum Gasteiger partial charge on any atom is -0.423 e. The molecule has 3 aromatic heterocycles. The third kappa shape index (κ3) is 2.70. The van der Waals surface area contributed by atoms with Gasteiger partial charge < -0.3 is 13.9 Å². The summed E-state index contributed by atoms with van der Waals surface area (Å²) in [5.41, 5.74) is 7.91. The molecule has 0 fully saturated rings. The Hall–Kier alpha value is -3.60. The summed E-state index contributed by atoms with van der Waals surface area (Å²) in [6, 6.07) is 17.7. The predicted octanol–water partition coefficient (Wildman–Crippen LogP) is 4.94. The normalized spacial score (nSPS) is 13.9. The number of hydrogen-bond donors (Lipinski definition) is 0. The largest absolute Gasteiger partial charge is 0.423 e. The maximum absolute atomic E-state index is 6.08. The number of aromatic nitrogens is 3. The zero-order valence-electron chi connectivity index (χ0n) is 16.2. The van der Waals surface area contributed by atoms with E-state index < -0.39 is 0 Å². The van der Waals surface area contributed by atoms with E-state index in [9.17, 15) is 0 Å². The molecule has 1 aliphatic rings. The zero-order chi connectivity index (χ0) is 19.4. The maximum Gasteiger partial charge on any atom is 0.298 e. The van der Waals surface area contributed by atoms with E-state index in [1.54, 1.807) is 0 Å². The summed E-state index contributed by atoms with van der Waals surface area (Å²) in [6.07, 6.45) is 6.87. The maximum atomic E-state index is 6.08. The van der Waals surface area contributed by atoms with Crippen LogP contribution in [0.2, 0.25) is 0 Å². The van der Waals surface area contributed by atoms with Crippen LogP contribution in [0.4, 0.5) is 6.01 Å². The number of fused-ring (bicyclic) bond motifs is 3. The summed E-state index contributed by atoms with van der Waals surface area (Å²) < 4.78 is 8.22. The molecule has 0 spiro atoms. The molecule has 0 atom stereocenters. The summed E-state index contributed by atoms with van der Waals surface area (Å²) in [5.74, 6) is 0. The lowest BCUT2D eigenvalue weighted by Gasteiger charge is -2.26. The van der Waals surface area contributed by atoms with E-state index in [2.05, 4.69) is 70.2 Å². The molecule has 2 aromatic carbocycles. The van der Waals surface area contributed by atoms with Gasteiger partial charge in [0.05, 0.1) is 0 Å². The van der Waals surface area contributed by atoms with Crippen LogP contribution >= 0.6 is 0 Å². The minimum absolute atomic E-state index is 0.693. The molecule has 0 unspecified atom stereocenters. The van der Waals surface area contributed by atoms with Gasteiger partial charge in [0, 0.05) is 49.6 Å². The third-order valence-electron chi connectivity index (χ3n) is 5.88. The lowest BCUT2D eigenvalue weighted by atomic mass is 10.0. The quantitative estimate of drug-likeness (QED) is 0.435. The van der Waals surface area contributed by atoms with Crippen LogP contribution in [0.1, 0.15) is 11.1 Å². The van der Waals surface area contributed by atoms with E-state index in [-0.39, 0.29) is 0 Å². The monoisotopic (exact) mass is 380 g/mol. The Balaban J connectivity index is 1.35. The molecule has 5 heteroatoms. The van der Waals surface area contributed by atoms with Crippen LogP contribution in [0.5, 0.6) is 0 Å². The van der Waals surface area contributed by atoms with Crippen molar-refractivity contribution in [1.82, 2.24) is 14.5 Å². The van der Waals surface area contributed by atoms with Crippen LogP contribution in [0.15, 0.2) is 71.5 Å². The van der Waals surface area contributed by atoms with E-state index >= 15 is 0 Å². The minimum atomic E-state index is 0.693. The van der Waals surface area contributed by atoms with Gasteiger partial charge in [0.25, 0.3) is 6.01 Å². The van der Waals surface area contributed by atoms with Crippen LogP contribution in [-0.4, -0.2) is 21.1 Å². The second-order valence-electron chi connectivity index (χ2n) is 7.70. The first-order valence-corrected chi connectivity index (χ1v) is 9.87. The van der Waals surface area contributed by atoms with E-state index in [0.29, 0.717) is 6.01 Å². The first-order valence-electron chi connectivity index (χ1n) is 9.87. The second kappa shape index (κ2) is 6.21.